The van der Waals surface area contributed by atoms with Crippen molar-refractivity contribution in [2.75, 3.05) is 0 Å². The lowest BCUT2D eigenvalue weighted by molar-refractivity contribution is 0.766. The van der Waals surface area contributed by atoms with E-state index in [0.717, 1.165) is 0 Å². The first-order valence-electron chi connectivity index (χ1n) is 14.2. The molecule has 6 aromatic carbocycles. The third-order valence-electron chi connectivity index (χ3n) is 9.22. The van der Waals surface area contributed by atoms with Gasteiger partial charge in [-0.05, 0) is 95.7 Å². The molecule has 190 valence electrons. The summed E-state index contributed by atoms with van der Waals surface area (Å²) in [6.07, 6.45) is 3.84. The Morgan fingerprint density at radius 3 is 1.78 bits per heavy atom. The van der Waals surface area contributed by atoms with Gasteiger partial charge < -0.3 is 0 Å². The minimum atomic E-state index is -0.433. The van der Waals surface area contributed by atoms with Crippen LogP contribution < -0.4 is 0 Å². The highest BCUT2D eigenvalue weighted by Crippen LogP contribution is 2.57. The molecule has 0 bridgehead atoms. The average Bonchev–Trinajstić information content (AvgIpc) is 3.54. The highest BCUT2D eigenvalue weighted by molar-refractivity contribution is 6.18. The maximum absolute atomic E-state index is 4.39. The van der Waals surface area contributed by atoms with Gasteiger partial charge in [0, 0.05) is 12.4 Å². The third kappa shape index (κ3) is 2.93. The van der Waals surface area contributed by atoms with Crippen molar-refractivity contribution in [1.82, 2.24) is 4.98 Å². The number of pyridine rings is 1. The summed E-state index contributed by atoms with van der Waals surface area (Å²) >= 11 is 0. The van der Waals surface area contributed by atoms with E-state index in [1.807, 2.05) is 12.4 Å². The molecule has 0 saturated carbocycles. The predicted octanol–water partition coefficient (Wildman–Crippen LogP) is 9.91. The molecule has 0 spiro atoms. The number of aromatic nitrogens is 1. The second kappa shape index (κ2) is 8.36. The number of rotatable bonds is 3. The zero-order chi connectivity index (χ0) is 27.0. The summed E-state index contributed by atoms with van der Waals surface area (Å²) in [5, 5.41) is 2.67. The monoisotopic (exact) mass is 519 g/mol. The van der Waals surface area contributed by atoms with Gasteiger partial charge in [0.25, 0.3) is 0 Å². The lowest BCUT2D eigenvalue weighted by Gasteiger charge is -2.34. The third-order valence-corrected chi connectivity index (χ3v) is 9.22. The van der Waals surface area contributed by atoms with Crippen molar-refractivity contribution >= 4 is 10.8 Å². The zero-order valence-electron chi connectivity index (χ0n) is 22.4. The van der Waals surface area contributed by atoms with Crippen LogP contribution in [-0.2, 0) is 5.41 Å². The van der Waals surface area contributed by atoms with E-state index in [-0.39, 0.29) is 0 Å². The van der Waals surface area contributed by atoms with Crippen molar-refractivity contribution in [3.8, 4) is 44.5 Å². The van der Waals surface area contributed by atoms with E-state index in [9.17, 15) is 0 Å². The molecule has 7 aromatic rings. The highest BCUT2D eigenvalue weighted by Gasteiger charge is 2.46. The fraction of sp³-hybridized carbons (Fsp3) is 0.0250. The molecule has 1 atom stereocenters. The van der Waals surface area contributed by atoms with Gasteiger partial charge in [-0.2, -0.15) is 0 Å². The molecule has 2 aliphatic carbocycles. The van der Waals surface area contributed by atoms with Gasteiger partial charge >= 0.3 is 0 Å². The number of nitrogens with zero attached hydrogens (tertiary/aromatic N) is 1. The topological polar surface area (TPSA) is 12.9 Å². The quantitative estimate of drug-likeness (QED) is 0.226. The maximum atomic E-state index is 4.39. The minimum absolute atomic E-state index is 0.433. The van der Waals surface area contributed by atoms with Crippen LogP contribution in [0.5, 0.6) is 0 Å². The Morgan fingerprint density at radius 1 is 0.390 bits per heavy atom. The van der Waals surface area contributed by atoms with Gasteiger partial charge in [0.1, 0.15) is 0 Å². The van der Waals surface area contributed by atoms with E-state index in [1.54, 1.807) is 0 Å². The molecule has 41 heavy (non-hydrogen) atoms. The van der Waals surface area contributed by atoms with Crippen LogP contribution in [0.1, 0.15) is 22.3 Å². The molecular formula is C40H25N. The van der Waals surface area contributed by atoms with Gasteiger partial charge in [0.15, 0.2) is 0 Å². The first-order chi connectivity index (χ1) is 20.4. The fourth-order valence-electron chi connectivity index (χ4n) is 7.59. The van der Waals surface area contributed by atoms with Crippen LogP contribution in [0.3, 0.4) is 0 Å². The SMILES string of the molecule is c1ccc(C2(c3ccncc3)c3ccccc3-c3ccc(-c4ccc5c6c(cccc46)-c4ccccc4-5)cc32)cc1. The Hall–Kier alpha value is -5.27. The Bertz CT molecular complexity index is 2070. The van der Waals surface area contributed by atoms with Crippen LogP contribution in [0, 0.1) is 0 Å². The number of benzene rings is 6. The standard InChI is InChI=1S/C40H25N/c1-2-9-27(10-3-1)40(28-21-23-41-24-22-28)37-16-7-6-13-32(37)33-18-17-26(25-38(33)40)29-19-20-36-31-12-5-4-11-30(31)35-15-8-14-34(29)39(35)36/h1-25H. The Balaban J connectivity index is 1.35. The second-order valence-corrected chi connectivity index (χ2v) is 11.1. The number of hydrogen-bond acceptors (Lipinski definition) is 1. The fourth-order valence-corrected chi connectivity index (χ4v) is 7.59. The van der Waals surface area contributed by atoms with Gasteiger partial charge in [-0.1, -0.05) is 121 Å². The second-order valence-electron chi connectivity index (χ2n) is 11.1. The van der Waals surface area contributed by atoms with Crippen LogP contribution in [0.15, 0.2) is 152 Å². The molecule has 2 aliphatic rings. The molecule has 0 amide bonds. The molecule has 0 radical (unpaired) electrons. The van der Waals surface area contributed by atoms with Gasteiger partial charge in [-0.3, -0.25) is 4.98 Å². The average molecular weight is 520 g/mol. The van der Waals surface area contributed by atoms with Crippen LogP contribution in [0.2, 0.25) is 0 Å². The van der Waals surface area contributed by atoms with Crippen molar-refractivity contribution in [3.05, 3.63) is 174 Å². The van der Waals surface area contributed by atoms with Crippen molar-refractivity contribution < 1.29 is 0 Å². The highest BCUT2D eigenvalue weighted by atomic mass is 14.6. The molecule has 1 unspecified atom stereocenters. The molecule has 1 heterocycles. The Labute approximate surface area is 239 Å². The van der Waals surface area contributed by atoms with Crippen LogP contribution in [0.25, 0.3) is 55.3 Å². The molecule has 0 saturated heterocycles. The predicted molar refractivity (Wildman–Crippen MR) is 169 cm³/mol. The summed E-state index contributed by atoms with van der Waals surface area (Å²) < 4.78 is 0. The summed E-state index contributed by atoms with van der Waals surface area (Å²) in [6.45, 7) is 0. The summed E-state index contributed by atoms with van der Waals surface area (Å²) in [7, 11) is 0. The van der Waals surface area contributed by atoms with E-state index < -0.39 is 5.41 Å². The first-order valence-corrected chi connectivity index (χ1v) is 14.2. The number of hydrogen-bond donors (Lipinski definition) is 0. The molecular weight excluding hydrogens is 494 g/mol. The van der Waals surface area contributed by atoms with Crippen molar-refractivity contribution in [1.29, 1.82) is 0 Å². The van der Waals surface area contributed by atoms with Crippen molar-refractivity contribution in [3.63, 3.8) is 0 Å². The van der Waals surface area contributed by atoms with E-state index in [2.05, 4.69) is 145 Å². The lowest BCUT2D eigenvalue weighted by atomic mass is 9.67. The smallest absolute Gasteiger partial charge is 0.0714 e. The molecule has 9 rings (SSSR count). The molecule has 1 aromatic heterocycles. The van der Waals surface area contributed by atoms with Crippen molar-refractivity contribution in [2.45, 2.75) is 5.41 Å². The summed E-state index contributed by atoms with van der Waals surface area (Å²) in [5.74, 6) is 0. The Morgan fingerprint density at radius 2 is 0.976 bits per heavy atom. The molecule has 1 heteroatoms. The van der Waals surface area contributed by atoms with Gasteiger partial charge in [0.2, 0.25) is 0 Å². The zero-order valence-corrected chi connectivity index (χ0v) is 22.4. The summed E-state index contributed by atoms with van der Waals surface area (Å²) in [4.78, 5) is 4.39. The van der Waals surface area contributed by atoms with E-state index >= 15 is 0 Å². The van der Waals surface area contributed by atoms with E-state index in [4.69, 9.17) is 0 Å². The summed E-state index contributed by atoms with van der Waals surface area (Å²) in [5.41, 5.74) is 15.1. The van der Waals surface area contributed by atoms with Crippen LogP contribution >= 0.6 is 0 Å². The maximum Gasteiger partial charge on any atom is 0.0714 e. The van der Waals surface area contributed by atoms with Crippen LogP contribution in [0.4, 0.5) is 0 Å². The summed E-state index contributed by atoms with van der Waals surface area (Å²) in [6, 6.07) is 51.5. The number of fused-ring (bicyclic) bond motifs is 6. The largest absolute Gasteiger partial charge is 0.265 e. The van der Waals surface area contributed by atoms with Gasteiger partial charge in [-0.15, -0.1) is 0 Å². The van der Waals surface area contributed by atoms with Crippen molar-refractivity contribution in [2.24, 2.45) is 0 Å². The minimum Gasteiger partial charge on any atom is -0.265 e. The molecule has 0 fully saturated rings. The van der Waals surface area contributed by atoms with Gasteiger partial charge in [0.05, 0.1) is 5.41 Å². The van der Waals surface area contributed by atoms with Gasteiger partial charge in [-0.25, -0.2) is 0 Å². The molecule has 0 aliphatic heterocycles. The van der Waals surface area contributed by atoms with E-state index in [1.165, 1.54) is 77.5 Å². The Kier molecular flexibility index (Phi) is 4.60. The molecule has 1 nitrogen and oxygen atoms in total. The lowest BCUT2D eigenvalue weighted by Crippen LogP contribution is -2.28. The molecule has 0 N–H and O–H groups in total. The first kappa shape index (κ1) is 22.5. The normalized spacial score (nSPS) is 15.9. The van der Waals surface area contributed by atoms with E-state index in [0.29, 0.717) is 0 Å². The van der Waals surface area contributed by atoms with Crippen LogP contribution in [-0.4, -0.2) is 4.98 Å².